The minimum atomic E-state index is -0.947. The molecule has 3 N–H and O–H groups in total. The Kier molecular flexibility index (Phi) is 6.68. The van der Waals surface area contributed by atoms with Crippen LogP contribution in [0, 0.1) is 20.8 Å². The van der Waals surface area contributed by atoms with Crippen molar-refractivity contribution in [3.8, 4) is 0 Å². The molecule has 10 heteroatoms. The maximum absolute atomic E-state index is 12.7. The maximum Gasteiger partial charge on any atom is 0.408 e. The van der Waals surface area contributed by atoms with Gasteiger partial charge in [0.25, 0.3) is 5.91 Å². The molecular weight excluding hydrogens is 380 g/mol. The zero-order valence-corrected chi connectivity index (χ0v) is 17.7. The van der Waals surface area contributed by atoms with Crippen molar-refractivity contribution in [2.75, 3.05) is 0 Å². The van der Waals surface area contributed by atoms with Crippen LogP contribution < -0.4 is 10.6 Å². The lowest BCUT2D eigenvalue weighted by Gasteiger charge is -2.19. The van der Waals surface area contributed by atoms with E-state index in [2.05, 4.69) is 20.6 Å². The first-order valence-electron chi connectivity index (χ1n) is 9.23. The van der Waals surface area contributed by atoms with Crippen molar-refractivity contribution in [3.05, 3.63) is 34.7 Å². The maximum atomic E-state index is 12.7. The number of amides is 2. The van der Waals surface area contributed by atoms with Gasteiger partial charge in [0.05, 0.1) is 18.3 Å². The molecule has 0 bridgehead atoms. The monoisotopic (exact) mass is 408 g/mol. The Labute approximate surface area is 169 Å². The normalized spacial score (nSPS) is 13.7. The van der Waals surface area contributed by atoms with Crippen LogP contribution in [0.15, 0.2) is 8.83 Å². The van der Waals surface area contributed by atoms with E-state index in [1.807, 2.05) is 0 Å². The van der Waals surface area contributed by atoms with Crippen molar-refractivity contribution in [3.63, 3.8) is 0 Å². The molecule has 0 aliphatic rings. The number of ether oxygens (including phenoxy) is 1. The molecule has 29 heavy (non-hydrogen) atoms. The van der Waals surface area contributed by atoms with E-state index in [0.29, 0.717) is 11.5 Å². The Morgan fingerprint density at radius 1 is 1.14 bits per heavy atom. The first-order chi connectivity index (χ1) is 13.4. The van der Waals surface area contributed by atoms with E-state index in [1.54, 1.807) is 41.5 Å². The van der Waals surface area contributed by atoms with Crippen molar-refractivity contribution < 1.29 is 28.3 Å². The van der Waals surface area contributed by atoms with Gasteiger partial charge in [-0.2, -0.15) is 0 Å². The summed E-state index contributed by atoms with van der Waals surface area (Å²) in [6.45, 7) is 11.8. The molecule has 2 heterocycles. The zero-order chi connectivity index (χ0) is 21.9. The van der Waals surface area contributed by atoms with E-state index < -0.39 is 29.7 Å². The highest BCUT2D eigenvalue weighted by Gasteiger charge is 2.28. The van der Waals surface area contributed by atoms with E-state index in [4.69, 9.17) is 13.6 Å². The van der Waals surface area contributed by atoms with Gasteiger partial charge in [-0.3, -0.25) is 4.79 Å². The number of aromatic nitrogens is 2. The molecule has 10 nitrogen and oxygen atoms in total. The second-order valence-corrected chi connectivity index (χ2v) is 7.75. The van der Waals surface area contributed by atoms with Crippen LogP contribution in [-0.4, -0.2) is 38.8 Å². The van der Waals surface area contributed by atoms with Crippen molar-refractivity contribution in [2.45, 2.75) is 72.8 Å². The molecular formula is C19H28N4O6. The number of oxazole rings is 2. The number of aliphatic hydroxyl groups is 1. The number of carbonyl (C=O) groups excluding carboxylic acids is 2. The molecule has 0 fully saturated rings. The van der Waals surface area contributed by atoms with Gasteiger partial charge in [-0.1, -0.05) is 0 Å². The van der Waals surface area contributed by atoms with Crippen molar-refractivity contribution >= 4 is 12.0 Å². The van der Waals surface area contributed by atoms with E-state index in [1.165, 1.54) is 6.92 Å². The fraction of sp³-hybridized carbons (Fsp3) is 0.579. The molecule has 0 radical (unpaired) electrons. The minimum absolute atomic E-state index is 0.0386. The lowest BCUT2D eigenvalue weighted by Crippen LogP contribution is -2.35. The van der Waals surface area contributed by atoms with E-state index >= 15 is 0 Å². The standard InChI is InChI=1S/C19H28N4O6/c1-9-11(3)28-17(21-9)14(10(2)24)23-16(25)15-12(4)27-13(22-15)8-20-18(26)29-19(5,6)7/h10,14,24H,8H2,1-7H3,(H,20,26)(H,23,25). The third-order valence-electron chi connectivity index (χ3n) is 3.92. The van der Waals surface area contributed by atoms with Crippen LogP contribution in [0.2, 0.25) is 0 Å². The fourth-order valence-corrected chi connectivity index (χ4v) is 2.43. The van der Waals surface area contributed by atoms with Gasteiger partial charge in [-0.15, -0.1) is 0 Å². The Morgan fingerprint density at radius 3 is 2.31 bits per heavy atom. The Balaban J connectivity index is 2.07. The van der Waals surface area contributed by atoms with Gasteiger partial charge in [0.2, 0.25) is 11.8 Å². The number of hydrogen-bond donors (Lipinski definition) is 3. The molecule has 0 spiro atoms. The topological polar surface area (TPSA) is 140 Å². The summed E-state index contributed by atoms with van der Waals surface area (Å²) < 4.78 is 16.1. The summed E-state index contributed by atoms with van der Waals surface area (Å²) in [6, 6.07) is -0.852. The highest BCUT2D eigenvalue weighted by Crippen LogP contribution is 2.21. The largest absolute Gasteiger partial charge is 0.444 e. The molecule has 0 aromatic carbocycles. The van der Waals surface area contributed by atoms with E-state index in [0.717, 1.165) is 0 Å². The summed E-state index contributed by atoms with van der Waals surface area (Å²) >= 11 is 0. The lowest BCUT2D eigenvalue weighted by atomic mass is 10.1. The van der Waals surface area contributed by atoms with Crippen LogP contribution >= 0.6 is 0 Å². The molecule has 2 atom stereocenters. The first kappa shape index (κ1) is 22.4. The number of hydrogen-bond acceptors (Lipinski definition) is 8. The average Bonchev–Trinajstić information content (AvgIpc) is 3.11. The van der Waals surface area contributed by atoms with Crippen molar-refractivity contribution in [1.29, 1.82) is 0 Å². The molecule has 2 aromatic heterocycles. The molecule has 2 unspecified atom stereocenters. The van der Waals surface area contributed by atoms with Gasteiger partial charge in [0, 0.05) is 0 Å². The average molecular weight is 408 g/mol. The van der Waals surface area contributed by atoms with Crippen LogP contribution in [0.25, 0.3) is 0 Å². The molecule has 160 valence electrons. The second-order valence-electron chi connectivity index (χ2n) is 7.75. The summed E-state index contributed by atoms with van der Waals surface area (Å²) in [5, 5.41) is 15.2. The highest BCUT2D eigenvalue weighted by molar-refractivity contribution is 5.93. The third kappa shape index (κ3) is 6.05. The van der Waals surface area contributed by atoms with Crippen LogP contribution in [0.3, 0.4) is 0 Å². The second kappa shape index (κ2) is 8.64. The summed E-state index contributed by atoms with van der Waals surface area (Å²) in [7, 11) is 0. The van der Waals surface area contributed by atoms with Gasteiger partial charge in [0.15, 0.2) is 5.69 Å². The smallest absolute Gasteiger partial charge is 0.408 e. The zero-order valence-electron chi connectivity index (χ0n) is 17.7. The van der Waals surface area contributed by atoms with E-state index in [9.17, 15) is 14.7 Å². The number of nitrogens with zero attached hydrogens (tertiary/aromatic N) is 2. The Morgan fingerprint density at radius 2 is 1.79 bits per heavy atom. The first-order valence-corrected chi connectivity index (χ1v) is 9.23. The predicted octanol–water partition coefficient (Wildman–Crippen LogP) is 2.46. The highest BCUT2D eigenvalue weighted by atomic mass is 16.6. The number of rotatable bonds is 6. The molecule has 0 aliphatic heterocycles. The lowest BCUT2D eigenvalue weighted by molar-refractivity contribution is 0.0518. The van der Waals surface area contributed by atoms with Crippen LogP contribution in [-0.2, 0) is 11.3 Å². The summed E-state index contributed by atoms with van der Waals surface area (Å²) in [5.74, 6) is 0.668. The fourth-order valence-electron chi connectivity index (χ4n) is 2.43. The molecule has 2 rings (SSSR count). The number of alkyl carbamates (subject to hydrolysis) is 1. The summed E-state index contributed by atoms with van der Waals surface area (Å²) in [6.07, 6.45) is -1.57. The molecule has 0 saturated carbocycles. The molecule has 0 saturated heterocycles. The van der Waals surface area contributed by atoms with Gasteiger partial charge < -0.3 is 29.3 Å². The van der Waals surface area contributed by atoms with Crippen molar-refractivity contribution in [2.24, 2.45) is 0 Å². The van der Waals surface area contributed by atoms with Gasteiger partial charge in [-0.25, -0.2) is 14.8 Å². The number of carbonyl (C=O) groups is 2. The summed E-state index contributed by atoms with van der Waals surface area (Å²) in [4.78, 5) is 32.8. The molecule has 2 aromatic rings. The SMILES string of the molecule is Cc1nc(C(NC(=O)c2nc(CNC(=O)OC(C)(C)C)oc2C)C(C)O)oc1C. The van der Waals surface area contributed by atoms with Gasteiger partial charge in [0.1, 0.15) is 23.2 Å². The number of aliphatic hydroxyl groups excluding tert-OH is 1. The molecule has 0 aliphatic carbocycles. The summed E-state index contributed by atoms with van der Waals surface area (Å²) in [5.41, 5.74) is 0.0819. The third-order valence-corrected chi connectivity index (χ3v) is 3.92. The quantitative estimate of drug-likeness (QED) is 0.662. The number of nitrogens with one attached hydrogen (secondary N) is 2. The van der Waals surface area contributed by atoms with Crippen LogP contribution in [0.1, 0.15) is 73.2 Å². The molecule has 2 amide bonds. The van der Waals surface area contributed by atoms with Crippen LogP contribution in [0.4, 0.5) is 4.79 Å². The van der Waals surface area contributed by atoms with Crippen LogP contribution in [0.5, 0.6) is 0 Å². The minimum Gasteiger partial charge on any atom is -0.444 e. The van der Waals surface area contributed by atoms with Crippen molar-refractivity contribution in [1.82, 2.24) is 20.6 Å². The Hall–Kier alpha value is -2.88. The predicted molar refractivity (Wildman–Crippen MR) is 102 cm³/mol. The van der Waals surface area contributed by atoms with E-state index in [-0.39, 0.29) is 29.8 Å². The van der Waals surface area contributed by atoms with Gasteiger partial charge in [-0.05, 0) is 48.5 Å². The number of aryl methyl sites for hydroxylation is 3. The Bertz CT molecular complexity index is 858. The van der Waals surface area contributed by atoms with Gasteiger partial charge >= 0.3 is 6.09 Å².